The maximum Gasteiger partial charge on any atom is 0.225 e. The van der Waals surface area contributed by atoms with E-state index < -0.39 is 0 Å². The number of hydrogen-bond acceptors (Lipinski definition) is 5. The van der Waals surface area contributed by atoms with Crippen LogP contribution in [-0.4, -0.2) is 36.0 Å². The van der Waals surface area contributed by atoms with Gasteiger partial charge in [0.1, 0.15) is 17.9 Å². The smallest absolute Gasteiger partial charge is 0.225 e. The molecule has 0 N–H and O–H groups in total. The van der Waals surface area contributed by atoms with Gasteiger partial charge in [0.05, 0.1) is 6.61 Å². The van der Waals surface area contributed by atoms with Gasteiger partial charge in [0, 0.05) is 38.0 Å². The summed E-state index contributed by atoms with van der Waals surface area (Å²) < 4.78 is 19.7. The van der Waals surface area contributed by atoms with Crippen molar-refractivity contribution in [1.29, 1.82) is 0 Å². The molecule has 2 heterocycles. The molecule has 1 aliphatic carbocycles. The topological polar surface area (TPSA) is 55.3 Å². The fourth-order valence-corrected chi connectivity index (χ4v) is 4.84. The highest BCUT2D eigenvalue weighted by molar-refractivity contribution is 5.55. The number of aryl methyl sites for hydroxylation is 1. The summed E-state index contributed by atoms with van der Waals surface area (Å²) >= 11 is 0. The van der Waals surface area contributed by atoms with E-state index in [4.69, 9.17) is 4.74 Å². The SMILES string of the molecule is CCCc1cnc(N2CCC(C3CC3CCOc3ccc(CC=O)c(F)c3)CC2)nc1. The molecule has 1 aliphatic heterocycles. The van der Waals surface area contributed by atoms with Crippen LogP contribution < -0.4 is 9.64 Å². The van der Waals surface area contributed by atoms with E-state index in [2.05, 4.69) is 21.8 Å². The van der Waals surface area contributed by atoms with Crippen molar-refractivity contribution < 1.29 is 13.9 Å². The first kappa shape index (κ1) is 21.7. The molecule has 5 nitrogen and oxygen atoms in total. The van der Waals surface area contributed by atoms with Crippen LogP contribution in [0.25, 0.3) is 0 Å². The summed E-state index contributed by atoms with van der Waals surface area (Å²) in [6.45, 7) is 4.85. The Bertz CT molecular complexity index is 866. The van der Waals surface area contributed by atoms with Gasteiger partial charge in [-0.3, -0.25) is 0 Å². The maximum absolute atomic E-state index is 13.9. The third-order valence-corrected chi connectivity index (χ3v) is 6.72. The number of benzene rings is 1. The highest BCUT2D eigenvalue weighted by atomic mass is 19.1. The van der Waals surface area contributed by atoms with E-state index in [1.165, 1.54) is 30.9 Å². The number of hydrogen-bond donors (Lipinski definition) is 0. The number of piperidine rings is 1. The third-order valence-electron chi connectivity index (χ3n) is 6.72. The zero-order chi connectivity index (χ0) is 21.6. The molecule has 1 aromatic heterocycles. The summed E-state index contributed by atoms with van der Waals surface area (Å²) in [7, 11) is 0. The Labute approximate surface area is 184 Å². The zero-order valence-corrected chi connectivity index (χ0v) is 18.3. The molecule has 2 aromatic rings. The molecule has 31 heavy (non-hydrogen) atoms. The molecular formula is C25H32FN3O2. The molecule has 4 rings (SSSR count). The number of nitrogens with zero attached hydrogens (tertiary/aromatic N) is 3. The average molecular weight is 426 g/mol. The first-order valence-electron chi connectivity index (χ1n) is 11.6. The summed E-state index contributed by atoms with van der Waals surface area (Å²) in [5.74, 6) is 3.34. The lowest BCUT2D eigenvalue weighted by atomic mass is 9.90. The number of aldehydes is 1. The third kappa shape index (κ3) is 5.60. The Balaban J connectivity index is 1.17. The van der Waals surface area contributed by atoms with Crippen molar-refractivity contribution in [2.24, 2.45) is 17.8 Å². The highest BCUT2D eigenvalue weighted by Crippen LogP contribution is 2.49. The van der Waals surface area contributed by atoms with Crippen LogP contribution in [0.5, 0.6) is 5.75 Å². The quantitative estimate of drug-likeness (QED) is 0.520. The Morgan fingerprint density at radius 1 is 1.23 bits per heavy atom. The van der Waals surface area contributed by atoms with Gasteiger partial charge in [0.25, 0.3) is 0 Å². The molecule has 2 fully saturated rings. The lowest BCUT2D eigenvalue weighted by Crippen LogP contribution is -2.35. The molecule has 2 unspecified atom stereocenters. The van der Waals surface area contributed by atoms with Crippen molar-refractivity contribution >= 4 is 12.2 Å². The van der Waals surface area contributed by atoms with Crippen molar-refractivity contribution in [2.45, 2.75) is 51.9 Å². The van der Waals surface area contributed by atoms with Gasteiger partial charge in [-0.15, -0.1) is 0 Å². The number of ether oxygens (including phenoxy) is 1. The predicted octanol–water partition coefficient (Wildman–Crippen LogP) is 4.63. The molecule has 1 saturated heterocycles. The summed E-state index contributed by atoms with van der Waals surface area (Å²) in [6.07, 6.45) is 11.6. The van der Waals surface area contributed by atoms with Crippen LogP contribution >= 0.6 is 0 Å². The number of halogens is 1. The second-order valence-electron chi connectivity index (χ2n) is 8.89. The van der Waals surface area contributed by atoms with Crippen molar-refractivity contribution in [3.8, 4) is 5.75 Å². The van der Waals surface area contributed by atoms with E-state index in [1.54, 1.807) is 12.1 Å². The minimum Gasteiger partial charge on any atom is -0.493 e. The molecule has 2 aliphatic rings. The molecular weight excluding hydrogens is 393 g/mol. The predicted molar refractivity (Wildman–Crippen MR) is 119 cm³/mol. The fourth-order valence-electron chi connectivity index (χ4n) is 4.84. The van der Waals surface area contributed by atoms with Gasteiger partial charge < -0.3 is 14.4 Å². The Morgan fingerprint density at radius 3 is 2.68 bits per heavy atom. The van der Waals surface area contributed by atoms with E-state index in [1.807, 2.05) is 12.4 Å². The van der Waals surface area contributed by atoms with Crippen LogP contribution in [0.4, 0.5) is 10.3 Å². The molecule has 0 radical (unpaired) electrons. The van der Waals surface area contributed by atoms with Crippen LogP contribution in [0.1, 0.15) is 50.2 Å². The molecule has 6 heteroatoms. The van der Waals surface area contributed by atoms with E-state index in [0.29, 0.717) is 24.2 Å². The van der Waals surface area contributed by atoms with E-state index in [-0.39, 0.29) is 12.2 Å². The number of carbonyl (C=O) groups is 1. The number of anilines is 1. The van der Waals surface area contributed by atoms with Crippen molar-refractivity contribution in [1.82, 2.24) is 9.97 Å². The zero-order valence-electron chi connectivity index (χ0n) is 18.3. The molecule has 2 atom stereocenters. The number of carbonyl (C=O) groups excluding carboxylic acids is 1. The van der Waals surface area contributed by atoms with Crippen LogP contribution in [0.15, 0.2) is 30.6 Å². The van der Waals surface area contributed by atoms with Gasteiger partial charge in [-0.05, 0) is 67.1 Å². The van der Waals surface area contributed by atoms with Crippen LogP contribution in [0.2, 0.25) is 0 Å². The van der Waals surface area contributed by atoms with Crippen molar-refractivity contribution in [3.05, 3.63) is 47.5 Å². The normalized spacial score (nSPS) is 21.2. The lowest BCUT2D eigenvalue weighted by Gasteiger charge is -2.32. The van der Waals surface area contributed by atoms with Gasteiger partial charge in [-0.1, -0.05) is 19.4 Å². The van der Waals surface area contributed by atoms with Gasteiger partial charge in [-0.2, -0.15) is 0 Å². The summed E-state index contributed by atoms with van der Waals surface area (Å²) in [6, 6.07) is 4.77. The average Bonchev–Trinajstić information content (AvgIpc) is 3.56. The van der Waals surface area contributed by atoms with Gasteiger partial charge in [-0.25, -0.2) is 14.4 Å². The molecule has 0 amide bonds. The second-order valence-corrected chi connectivity index (χ2v) is 8.89. The summed E-state index contributed by atoms with van der Waals surface area (Å²) in [5.41, 5.74) is 1.63. The first-order chi connectivity index (χ1) is 15.2. The van der Waals surface area contributed by atoms with Crippen LogP contribution in [0, 0.1) is 23.6 Å². The van der Waals surface area contributed by atoms with E-state index in [0.717, 1.165) is 56.1 Å². The largest absolute Gasteiger partial charge is 0.493 e. The second kappa shape index (κ2) is 10.2. The van der Waals surface area contributed by atoms with E-state index in [9.17, 15) is 9.18 Å². The molecule has 0 spiro atoms. The van der Waals surface area contributed by atoms with Gasteiger partial charge in [0.2, 0.25) is 5.95 Å². The molecule has 1 aromatic carbocycles. The number of rotatable bonds is 10. The monoisotopic (exact) mass is 425 g/mol. The van der Waals surface area contributed by atoms with Crippen molar-refractivity contribution in [2.75, 3.05) is 24.6 Å². The lowest BCUT2D eigenvalue weighted by molar-refractivity contribution is -0.107. The van der Waals surface area contributed by atoms with E-state index >= 15 is 0 Å². The molecule has 0 bridgehead atoms. The van der Waals surface area contributed by atoms with Gasteiger partial charge >= 0.3 is 0 Å². The van der Waals surface area contributed by atoms with Crippen LogP contribution in [0.3, 0.4) is 0 Å². The van der Waals surface area contributed by atoms with Crippen LogP contribution in [-0.2, 0) is 17.6 Å². The Kier molecular flexibility index (Phi) is 7.15. The van der Waals surface area contributed by atoms with Crippen molar-refractivity contribution in [3.63, 3.8) is 0 Å². The minimum absolute atomic E-state index is 0.102. The minimum atomic E-state index is -0.371. The molecule has 1 saturated carbocycles. The number of aromatic nitrogens is 2. The summed E-state index contributed by atoms with van der Waals surface area (Å²) in [5, 5.41) is 0. The maximum atomic E-state index is 13.9. The first-order valence-corrected chi connectivity index (χ1v) is 11.6. The molecule has 166 valence electrons. The standard InChI is InChI=1S/C25H32FN3O2/c1-2-3-18-16-27-25(28-17-18)29-10-6-19(7-11-29)23-14-21(23)9-13-31-22-5-4-20(8-12-30)24(26)15-22/h4-5,12,15-17,19,21,23H,2-3,6-11,13-14H2,1H3. The Hall–Kier alpha value is -2.50. The highest BCUT2D eigenvalue weighted by Gasteiger charge is 2.43. The van der Waals surface area contributed by atoms with Gasteiger partial charge in [0.15, 0.2) is 0 Å². The fraction of sp³-hybridized carbons (Fsp3) is 0.560. The summed E-state index contributed by atoms with van der Waals surface area (Å²) in [4.78, 5) is 22.0. The Morgan fingerprint density at radius 2 is 2.00 bits per heavy atom.